The van der Waals surface area contributed by atoms with Gasteiger partial charge in [0.25, 0.3) is 0 Å². The fraction of sp³-hybridized carbons (Fsp3) is 0.300. The van der Waals surface area contributed by atoms with Crippen molar-refractivity contribution in [3.8, 4) is 0 Å². The molecule has 1 fully saturated rings. The molecule has 1 amide bonds. The average molecular weight is 373 g/mol. The molecule has 1 aliphatic carbocycles. The summed E-state index contributed by atoms with van der Waals surface area (Å²) in [4.78, 5) is 16.9. The summed E-state index contributed by atoms with van der Waals surface area (Å²) in [6, 6.07) is 12.8. The summed E-state index contributed by atoms with van der Waals surface area (Å²) in [6.45, 7) is 0.320. The number of fused-ring (bicyclic) bond motifs is 1. The van der Waals surface area contributed by atoms with E-state index in [1.54, 1.807) is 0 Å². The Hall–Kier alpha value is -2.83. The number of benzene rings is 2. The van der Waals surface area contributed by atoms with Gasteiger partial charge in [-0.1, -0.05) is 24.3 Å². The highest BCUT2D eigenvalue weighted by Gasteiger charge is 2.44. The molecule has 7 heteroatoms. The predicted octanol–water partition coefficient (Wildman–Crippen LogP) is 4.01. The minimum Gasteiger partial charge on any atom is -0.349 e. The molecule has 2 atom stereocenters. The van der Waals surface area contributed by atoms with Gasteiger partial charge in [-0.05, 0) is 42.2 Å². The molecule has 0 unspecified atom stereocenters. The lowest BCUT2D eigenvalue weighted by molar-refractivity contribution is -0.137. The average Bonchev–Trinajstić information content (AvgIpc) is 3.39. The van der Waals surface area contributed by atoms with Crippen LogP contribution in [0.2, 0.25) is 0 Å². The van der Waals surface area contributed by atoms with Crippen LogP contribution in [0.15, 0.2) is 48.5 Å². The van der Waals surface area contributed by atoms with Gasteiger partial charge in [-0.25, -0.2) is 4.98 Å². The largest absolute Gasteiger partial charge is 0.416 e. The van der Waals surface area contributed by atoms with Crippen LogP contribution in [0, 0.1) is 5.92 Å². The van der Waals surface area contributed by atoms with Crippen molar-refractivity contribution in [3.05, 3.63) is 65.5 Å². The molecule has 27 heavy (non-hydrogen) atoms. The molecular weight excluding hydrogens is 355 g/mol. The highest BCUT2D eigenvalue weighted by Crippen LogP contribution is 2.48. The van der Waals surface area contributed by atoms with E-state index < -0.39 is 11.7 Å². The first-order valence-electron chi connectivity index (χ1n) is 8.70. The highest BCUT2D eigenvalue weighted by molar-refractivity contribution is 5.83. The van der Waals surface area contributed by atoms with Crippen molar-refractivity contribution in [2.24, 2.45) is 13.0 Å². The van der Waals surface area contributed by atoms with Gasteiger partial charge in [0.2, 0.25) is 5.91 Å². The maximum absolute atomic E-state index is 12.6. The predicted molar refractivity (Wildman–Crippen MR) is 94.9 cm³/mol. The first-order valence-corrected chi connectivity index (χ1v) is 8.70. The number of amides is 1. The van der Waals surface area contributed by atoms with Gasteiger partial charge in [0.05, 0.1) is 23.1 Å². The van der Waals surface area contributed by atoms with E-state index in [1.165, 1.54) is 12.1 Å². The van der Waals surface area contributed by atoms with Crippen LogP contribution in [0.1, 0.15) is 29.3 Å². The zero-order valence-corrected chi connectivity index (χ0v) is 14.6. The molecule has 1 aromatic heterocycles. The number of aromatic nitrogens is 2. The van der Waals surface area contributed by atoms with Gasteiger partial charge >= 0.3 is 6.18 Å². The Morgan fingerprint density at radius 1 is 1.19 bits per heavy atom. The van der Waals surface area contributed by atoms with Crippen LogP contribution < -0.4 is 5.32 Å². The van der Waals surface area contributed by atoms with E-state index in [0.717, 1.165) is 34.6 Å². The van der Waals surface area contributed by atoms with E-state index in [-0.39, 0.29) is 17.7 Å². The number of aryl methyl sites for hydroxylation is 1. The quantitative estimate of drug-likeness (QED) is 0.751. The molecule has 0 saturated heterocycles. The standard InChI is InChI=1S/C20H18F3N3O/c1-26-17-5-3-2-4-16(17)25-18(26)11-24-19(27)15-10-14(15)12-6-8-13(9-7-12)20(21,22)23/h2-9,14-15H,10-11H2,1H3,(H,24,27)/t14-,15+/m0/s1. The Balaban J connectivity index is 1.38. The Labute approximate surface area is 154 Å². The fourth-order valence-corrected chi connectivity index (χ4v) is 3.42. The Bertz CT molecular complexity index is 992. The number of carbonyl (C=O) groups excluding carboxylic acids is 1. The van der Waals surface area contributed by atoms with Crippen molar-refractivity contribution in [3.63, 3.8) is 0 Å². The number of halogens is 3. The number of nitrogens with zero attached hydrogens (tertiary/aromatic N) is 2. The van der Waals surface area contributed by atoms with Crippen molar-refractivity contribution in [1.82, 2.24) is 14.9 Å². The van der Waals surface area contributed by atoms with Crippen LogP contribution in [0.5, 0.6) is 0 Å². The normalized spacial score (nSPS) is 19.3. The molecule has 1 aliphatic rings. The summed E-state index contributed by atoms with van der Waals surface area (Å²) in [5.74, 6) is 0.451. The zero-order chi connectivity index (χ0) is 19.2. The summed E-state index contributed by atoms with van der Waals surface area (Å²) < 4.78 is 39.9. The number of hydrogen-bond acceptors (Lipinski definition) is 2. The molecule has 1 heterocycles. The minimum absolute atomic E-state index is 0.0206. The lowest BCUT2D eigenvalue weighted by atomic mass is 10.1. The van der Waals surface area contributed by atoms with Gasteiger partial charge in [-0.15, -0.1) is 0 Å². The molecular formula is C20H18F3N3O. The van der Waals surface area contributed by atoms with Crippen LogP contribution in [0.4, 0.5) is 13.2 Å². The van der Waals surface area contributed by atoms with Crippen LogP contribution >= 0.6 is 0 Å². The number of rotatable bonds is 4. The molecule has 1 N–H and O–H groups in total. The first-order chi connectivity index (χ1) is 12.8. The van der Waals surface area contributed by atoms with Gasteiger partial charge in [-0.3, -0.25) is 4.79 Å². The number of carbonyl (C=O) groups is 1. The van der Waals surface area contributed by atoms with Gasteiger partial charge in [-0.2, -0.15) is 13.2 Å². The van der Waals surface area contributed by atoms with Crippen molar-refractivity contribution in [2.75, 3.05) is 0 Å². The van der Waals surface area contributed by atoms with E-state index >= 15 is 0 Å². The molecule has 4 rings (SSSR count). The van der Waals surface area contributed by atoms with Crippen molar-refractivity contribution >= 4 is 16.9 Å². The molecule has 0 aliphatic heterocycles. The molecule has 3 aromatic rings. The maximum Gasteiger partial charge on any atom is 0.416 e. The minimum atomic E-state index is -4.34. The van der Waals surface area contributed by atoms with Crippen molar-refractivity contribution in [2.45, 2.75) is 25.1 Å². The SMILES string of the molecule is Cn1c(CNC(=O)[C@@H]2C[C@H]2c2ccc(C(F)(F)F)cc2)nc2ccccc21. The fourth-order valence-electron chi connectivity index (χ4n) is 3.42. The first kappa shape index (κ1) is 17.6. The Kier molecular flexibility index (Phi) is 4.17. The monoisotopic (exact) mass is 373 g/mol. The molecule has 0 radical (unpaired) electrons. The van der Waals surface area contributed by atoms with Crippen LogP contribution in [0.25, 0.3) is 11.0 Å². The third kappa shape index (κ3) is 3.41. The van der Waals surface area contributed by atoms with Gasteiger partial charge in [0.1, 0.15) is 5.82 Å². The number of hydrogen-bond donors (Lipinski definition) is 1. The molecule has 1 saturated carbocycles. The van der Waals surface area contributed by atoms with Crippen LogP contribution in [0.3, 0.4) is 0 Å². The highest BCUT2D eigenvalue weighted by atomic mass is 19.4. The van der Waals surface area contributed by atoms with E-state index in [9.17, 15) is 18.0 Å². The van der Waals surface area contributed by atoms with Crippen LogP contribution in [-0.2, 0) is 24.6 Å². The lowest BCUT2D eigenvalue weighted by Gasteiger charge is -2.08. The summed E-state index contributed by atoms with van der Waals surface area (Å²) in [5, 5.41) is 2.90. The molecule has 0 bridgehead atoms. The molecule has 140 valence electrons. The van der Waals surface area contributed by atoms with Gasteiger partial charge < -0.3 is 9.88 Å². The van der Waals surface area contributed by atoms with Gasteiger partial charge in [0, 0.05) is 13.0 Å². The summed E-state index contributed by atoms with van der Waals surface area (Å²) >= 11 is 0. The second-order valence-electron chi connectivity index (χ2n) is 6.86. The zero-order valence-electron chi connectivity index (χ0n) is 14.6. The summed E-state index contributed by atoms with van der Waals surface area (Å²) in [6.07, 6.45) is -3.69. The van der Waals surface area contributed by atoms with E-state index in [1.807, 2.05) is 35.9 Å². The van der Waals surface area contributed by atoms with Crippen molar-refractivity contribution in [1.29, 1.82) is 0 Å². The maximum atomic E-state index is 12.6. The number of nitrogens with one attached hydrogen (secondary N) is 1. The van der Waals surface area contributed by atoms with E-state index in [2.05, 4.69) is 10.3 Å². The van der Waals surface area contributed by atoms with Crippen LogP contribution in [-0.4, -0.2) is 15.5 Å². The van der Waals surface area contributed by atoms with E-state index in [4.69, 9.17) is 0 Å². The van der Waals surface area contributed by atoms with E-state index in [0.29, 0.717) is 13.0 Å². The lowest BCUT2D eigenvalue weighted by Crippen LogP contribution is -2.26. The second-order valence-corrected chi connectivity index (χ2v) is 6.86. The molecule has 2 aromatic carbocycles. The number of para-hydroxylation sites is 2. The smallest absolute Gasteiger partial charge is 0.349 e. The number of alkyl halides is 3. The summed E-state index contributed by atoms with van der Waals surface area (Å²) in [5.41, 5.74) is 1.97. The van der Waals surface area contributed by atoms with Gasteiger partial charge in [0.15, 0.2) is 0 Å². The molecule has 0 spiro atoms. The summed E-state index contributed by atoms with van der Waals surface area (Å²) in [7, 11) is 1.90. The third-order valence-corrected chi connectivity index (χ3v) is 5.09. The topological polar surface area (TPSA) is 46.9 Å². The Morgan fingerprint density at radius 3 is 2.56 bits per heavy atom. The number of imidazole rings is 1. The Morgan fingerprint density at radius 2 is 1.89 bits per heavy atom. The third-order valence-electron chi connectivity index (χ3n) is 5.09. The second kappa shape index (κ2) is 6.40. The molecule has 4 nitrogen and oxygen atoms in total. The van der Waals surface area contributed by atoms with Crippen molar-refractivity contribution < 1.29 is 18.0 Å².